The lowest BCUT2D eigenvalue weighted by Crippen LogP contribution is -1.85. The third-order valence-corrected chi connectivity index (χ3v) is 1.99. The first-order valence-corrected chi connectivity index (χ1v) is 4.27. The molecule has 0 saturated heterocycles. The van der Waals surface area contributed by atoms with Gasteiger partial charge < -0.3 is 0 Å². The largest absolute Gasteiger partial charge is 0.261 e. The molecule has 0 aromatic carbocycles. The highest BCUT2D eigenvalue weighted by molar-refractivity contribution is 7.10. The van der Waals surface area contributed by atoms with Crippen molar-refractivity contribution in [2.75, 3.05) is 0 Å². The van der Waals surface area contributed by atoms with E-state index < -0.39 is 0 Å². The maximum absolute atomic E-state index is 5.61. The zero-order valence-electron chi connectivity index (χ0n) is 5.81. The molecule has 2 heterocycles. The molecule has 4 nitrogen and oxygen atoms in total. The molecule has 0 radical (unpaired) electrons. The third-order valence-electron chi connectivity index (χ3n) is 1.19. The van der Waals surface area contributed by atoms with E-state index in [-0.39, 0.29) is 0 Å². The van der Waals surface area contributed by atoms with E-state index in [1.54, 1.807) is 18.6 Å². The summed E-state index contributed by atoms with van der Waals surface area (Å²) in [5, 5.41) is 0. The molecule has 60 valence electrons. The molecule has 0 bridgehead atoms. The number of hydrogen-bond donors (Lipinski definition) is 0. The van der Waals surface area contributed by atoms with Gasteiger partial charge in [-0.25, -0.2) is 9.97 Å². The van der Waals surface area contributed by atoms with Crippen LogP contribution in [0.1, 0.15) is 0 Å². The fraction of sp³-hybridized carbons (Fsp3) is 0. The van der Waals surface area contributed by atoms with Crippen molar-refractivity contribution in [3.05, 3.63) is 23.1 Å². The van der Waals surface area contributed by atoms with Crippen LogP contribution in [-0.4, -0.2) is 19.3 Å². The van der Waals surface area contributed by atoms with Crippen LogP contribution in [0.15, 0.2) is 18.6 Å². The van der Waals surface area contributed by atoms with Gasteiger partial charge in [0, 0.05) is 12.4 Å². The van der Waals surface area contributed by atoms with Gasteiger partial charge in [0.15, 0.2) is 5.82 Å². The van der Waals surface area contributed by atoms with Crippen LogP contribution in [-0.2, 0) is 0 Å². The number of halogens is 1. The Kier molecular flexibility index (Phi) is 1.97. The summed E-state index contributed by atoms with van der Waals surface area (Å²) in [6.45, 7) is 0. The lowest BCUT2D eigenvalue weighted by Gasteiger charge is -1.89. The lowest BCUT2D eigenvalue weighted by atomic mass is 10.4. The maximum atomic E-state index is 5.61. The SMILES string of the molecule is Clc1nc(-c2cnccn2)ns1. The zero-order chi connectivity index (χ0) is 8.39. The Labute approximate surface area is 77.5 Å². The summed E-state index contributed by atoms with van der Waals surface area (Å²) >= 11 is 6.74. The highest BCUT2D eigenvalue weighted by atomic mass is 35.5. The fourth-order valence-corrected chi connectivity index (χ4v) is 1.33. The van der Waals surface area contributed by atoms with E-state index in [1.807, 2.05) is 0 Å². The lowest BCUT2D eigenvalue weighted by molar-refractivity contribution is 1.16. The quantitative estimate of drug-likeness (QED) is 0.699. The average Bonchev–Trinajstić information content (AvgIpc) is 2.54. The van der Waals surface area contributed by atoms with Gasteiger partial charge >= 0.3 is 0 Å². The van der Waals surface area contributed by atoms with Crippen molar-refractivity contribution in [2.45, 2.75) is 0 Å². The highest BCUT2D eigenvalue weighted by Crippen LogP contribution is 2.17. The summed E-state index contributed by atoms with van der Waals surface area (Å²) in [7, 11) is 0. The second kappa shape index (κ2) is 3.12. The van der Waals surface area contributed by atoms with E-state index in [0.29, 0.717) is 16.0 Å². The number of rotatable bonds is 1. The summed E-state index contributed by atoms with van der Waals surface area (Å²) in [5.74, 6) is 0.526. The number of hydrogen-bond acceptors (Lipinski definition) is 5. The van der Waals surface area contributed by atoms with Crippen molar-refractivity contribution in [2.24, 2.45) is 0 Å². The minimum atomic E-state index is 0.413. The molecule has 2 rings (SSSR count). The number of nitrogens with zero attached hydrogens (tertiary/aromatic N) is 4. The minimum Gasteiger partial charge on any atom is -0.261 e. The Bertz CT molecular complexity index is 374. The Morgan fingerprint density at radius 2 is 2.25 bits per heavy atom. The maximum Gasteiger partial charge on any atom is 0.203 e. The first kappa shape index (κ1) is 7.57. The molecule has 2 aromatic rings. The summed E-state index contributed by atoms with van der Waals surface area (Å²) in [4.78, 5) is 11.9. The van der Waals surface area contributed by atoms with Crippen molar-refractivity contribution in [1.82, 2.24) is 19.3 Å². The van der Waals surface area contributed by atoms with Gasteiger partial charge in [-0.1, -0.05) is 0 Å². The van der Waals surface area contributed by atoms with Crippen LogP contribution in [0.5, 0.6) is 0 Å². The minimum absolute atomic E-state index is 0.413. The molecule has 6 heteroatoms. The van der Waals surface area contributed by atoms with Gasteiger partial charge in [0.2, 0.25) is 4.47 Å². The third kappa shape index (κ3) is 1.41. The van der Waals surface area contributed by atoms with E-state index in [4.69, 9.17) is 11.6 Å². The van der Waals surface area contributed by atoms with Crippen LogP contribution in [0.3, 0.4) is 0 Å². The second-order valence-electron chi connectivity index (χ2n) is 1.96. The predicted octanol–water partition coefficient (Wildman–Crippen LogP) is 1.65. The first-order chi connectivity index (χ1) is 5.86. The Balaban J connectivity index is 2.45. The van der Waals surface area contributed by atoms with Crippen molar-refractivity contribution < 1.29 is 0 Å². The molecule has 12 heavy (non-hydrogen) atoms. The van der Waals surface area contributed by atoms with E-state index >= 15 is 0 Å². The molecule has 0 unspecified atom stereocenters. The van der Waals surface area contributed by atoms with Crippen molar-refractivity contribution in [3.8, 4) is 11.5 Å². The molecule has 0 spiro atoms. The predicted molar refractivity (Wildman–Crippen MR) is 45.9 cm³/mol. The van der Waals surface area contributed by atoms with Crippen LogP contribution < -0.4 is 0 Å². The fourth-order valence-electron chi connectivity index (χ4n) is 0.724. The van der Waals surface area contributed by atoms with Crippen LogP contribution >= 0.6 is 23.1 Å². The standard InChI is InChI=1S/C6H3ClN4S/c7-6-10-5(11-12-6)4-3-8-1-2-9-4/h1-3H. The smallest absolute Gasteiger partial charge is 0.203 e. The molecule has 0 fully saturated rings. The summed E-state index contributed by atoms with van der Waals surface area (Å²) in [6, 6.07) is 0. The van der Waals surface area contributed by atoms with Crippen molar-refractivity contribution in [1.29, 1.82) is 0 Å². The van der Waals surface area contributed by atoms with E-state index in [9.17, 15) is 0 Å². The van der Waals surface area contributed by atoms with Gasteiger partial charge in [-0.2, -0.15) is 4.37 Å². The van der Waals surface area contributed by atoms with E-state index in [1.165, 1.54) is 0 Å². The Hall–Kier alpha value is -1.07. The van der Waals surface area contributed by atoms with Gasteiger partial charge in [0.25, 0.3) is 0 Å². The summed E-state index contributed by atoms with van der Waals surface area (Å²) in [6.07, 6.45) is 4.78. The van der Waals surface area contributed by atoms with Gasteiger partial charge in [-0.15, -0.1) is 0 Å². The van der Waals surface area contributed by atoms with Gasteiger partial charge in [-0.3, -0.25) is 4.98 Å². The van der Waals surface area contributed by atoms with Crippen LogP contribution in [0.25, 0.3) is 11.5 Å². The molecule has 0 aliphatic rings. The zero-order valence-corrected chi connectivity index (χ0v) is 7.38. The molecular formula is C6H3ClN4S. The van der Waals surface area contributed by atoms with Crippen molar-refractivity contribution >= 4 is 23.1 Å². The molecule has 0 saturated carbocycles. The van der Waals surface area contributed by atoms with Crippen molar-refractivity contribution in [3.63, 3.8) is 0 Å². The molecule has 0 atom stereocenters. The van der Waals surface area contributed by atoms with E-state index in [2.05, 4.69) is 19.3 Å². The van der Waals surface area contributed by atoms with Gasteiger partial charge in [0.1, 0.15) is 5.69 Å². The monoisotopic (exact) mass is 198 g/mol. The average molecular weight is 199 g/mol. The summed E-state index contributed by atoms with van der Waals surface area (Å²) < 4.78 is 4.39. The second-order valence-corrected chi connectivity index (χ2v) is 3.30. The Morgan fingerprint density at radius 3 is 2.83 bits per heavy atom. The highest BCUT2D eigenvalue weighted by Gasteiger charge is 2.04. The topological polar surface area (TPSA) is 51.6 Å². The van der Waals surface area contributed by atoms with E-state index in [0.717, 1.165) is 11.5 Å². The van der Waals surface area contributed by atoms with Crippen LogP contribution in [0, 0.1) is 0 Å². The molecule has 0 aliphatic heterocycles. The van der Waals surface area contributed by atoms with Gasteiger partial charge in [0.05, 0.1) is 6.20 Å². The molecule has 0 aliphatic carbocycles. The normalized spacial score (nSPS) is 10.1. The summed E-state index contributed by atoms with van der Waals surface area (Å²) in [5.41, 5.74) is 0.639. The van der Waals surface area contributed by atoms with Gasteiger partial charge in [-0.05, 0) is 23.1 Å². The molecule has 0 amide bonds. The number of aromatic nitrogens is 4. The van der Waals surface area contributed by atoms with Crippen LogP contribution in [0.4, 0.5) is 0 Å². The Morgan fingerprint density at radius 1 is 1.33 bits per heavy atom. The molecular weight excluding hydrogens is 196 g/mol. The first-order valence-electron chi connectivity index (χ1n) is 3.12. The molecule has 0 N–H and O–H groups in total. The van der Waals surface area contributed by atoms with Crippen LogP contribution in [0.2, 0.25) is 4.47 Å². The molecule has 2 aromatic heterocycles.